The van der Waals surface area contributed by atoms with Gasteiger partial charge in [0, 0.05) is 38.6 Å². The third kappa shape index (κ3) is 7.61. The summed E-state index contributed by atoms with van der Waals surface area (Å²) in [6.45, 7) is 1.74. The Morgan fingerprint density at radius 3 is 1.07 bits per heavy atom. The van der Waals surface area contributed by atoms with Crippen LogP contribution in [0.25, 0.3) is 24.3 Å². The van der Waals surface area contributed by atoms with Crippen LogP contribution in [-0.4, -0.2) is 14.1 Å². The molecule has 0 N–H and O–H groups in total. The first-order chi connectivity index (χ1) is 19.6. The number of hydrogen-bond donors (Lipinski definition) is 0. The maximum Gasteiger partial charge on any atom is 0.0433 e. The number of nitrogens with zero attached hydrogens (tertiary/aromatic N) is 2. The molecule has 0 saturated carbocycles. The second kappa shape index (κ2) is 13.3. The van der Waals surface area contributed by atoms with E-state index in [1.165, 1.54) is 44.8 Å². The van der Waals surface area contributed by atoms with Gasteiger partial charge >= 0.3 is 0 Å². The van der Waals surface area contributed by atoms with E-state index in [-0.39, 0.29) is 0 Å². The van der Waals surface area contributed by atoms with E-state index in [1.54, 1.807) is 0 Å². The average molecular weight is 521 g/mol. The van der Waals surface area contributed by atoms with Gasteiger partial charge in [0.25, 0.3) is 0 Å². The fourth-order valence-electron chi connectivity index (χ4n) is 4.63. The lowest BCUT2D eigenvalue weighted by Gasteiger charge is -2.25. The molecule has 0 radical (unpaired) electrons. The Morgan fingerprint density at radius 1 is 0.400 bits per heavy atom. The lowest BCUT2D eigenvalue weighted by molar-refractivity contribution is 0.800. The van der Waals surface area contributed by atoms with Crippen LogP contribution in [0, 0.1) is 0 Å². The largest absolute Gasteiger partial charge is 0.378 e. The van der Waals surface area contributed by atoms with Crippen LogP contribution in [0.2, 0.25) is 0 Å². The molecule has 2 heteroatoms. The van der Waals surface area contributed by atoms with Gasteiger partial charge in [-0.2, -0.15) is 0 Å². The molecule has 0 aliphatic rings. The van der Waals surface area contributed by atoms with Gasteiger partial charge in [0.1, 0.15) is 0 Å². The van der Waals surface area contributed by atoms with Crippen molar-refractivity contribution >= 4 is 35.7 Å². The SMILES string of the molecule is CN(C)c1ccc(C=Cc2ccc(C=Cc3ccc(N(Cc4ccccc4)Cc4ccccc4)cc3)cc2)cc1. The van der Waals surface area contributed by atoms with Crippen molar-refractivity contribution in [2.75, 3.05) is 23.9 Å². The zero-order valence-electron chi connectivity index (χ0n) is 23.3. The first-order valence-electron chi connectivity index (χ1n) is 13.8. The molecule has 0 aliphatic carbocycles. The maximum absolute atomic E-state index is 2.43. The Labute approximate surface area is 239 Å². The van der Waals surface area contributed by atoms with Crippen LogP contribution in [0.15, 0.2) is 133 Å². The molecular formula is C38H36N2. The van der Waals surface area contributed by atoms with Gasteiger partial charge in [-0.25, -0.2) is 0 Å². The highest BCUT2D eigenvalue weighted by molar-refractivity contribution is 5.74. The summed E-state index contributed by atoms with van der Waals surface area (Å²) in [4.78, 5) is 4.54. The minimum atomic E-state index is 0.868. The van der Waals surface area contributed by atoms with Crippen molar-refractivity contribution in [2.45, 2.75) is 13.1 Å². The van der Waals surface area contributed by atoms with Crippen LogP contribution >= 0.6 is 0 Å². The number of benzene rings is 5. The predicted molar refractivity (Wildman–Crippen MR) is 174 cm³/mol. The van der Waals surface area contributed by atoms with Crippen molar-refractivity contribution in [1.29, 1.82) is 0 Å². The second-order valence-electron chi connectivity index (χ2n) is 10.2. The van der Waals surface area contributed by atoms with E-state index in [4.69, 9.17) is 0 Å². The molecule has 0 spiro atoms. The summed E-state index contributed by atoms with van der Waals surface area (Å²) in [5.74, 6) is 0. The van der Waals surface area contributed by atoms with E-state index >= 15 is 0 Å². The molecule has 0 atom stereocenters. The molecule has 0 aliphatic heterocycles. The average Bonchev–Trinajstić information content (AvgIpc) is 3.01. The lowest BCUT2D eigenvalue weighted by atomic mass is 10.1. The summed E-state index contributed by atoms with van der Waals surface area (Å²) in [6, 6.07) is 47.5. The number of hydrogen-bond acceptors (Lipinski definition) is 2. The molecule has 0 unspecified atom stereocenters. The van der Waals surface area contributed by atoms with Crippen LogP contribution < -0.4 is 9.80 Å². The number of rotatable bonds is 10. The molecule has 5 aromatic rings. The van der Waals surface area contributed by atoms with Crippen LogP contribution in [0.5, 0.6) is 0 Å². The molecule has 2 nitrogen and oxygen atoms in total. The van der Waals surface area contributed by atoms with E-state index < -0.39 is 0 Å². The molecule has 0 saturated heterocycles. The Balaban J connectivity index is 1.23. The molecule has 0 amide bonds. The highest BCUT2D eigenvalue weighted by Crippen LogP contribution is 2.22. The molecule has 5 aromatic carbocycles. The van der Waals surface area contributed by atoms with Gasteiger partial charge in [-0.05, 0) is 57.6 Å². The first-order valence-corrected chi connectivity index (χ1v) is 13.8. The third-order valence-electron chi connectivity index (χ3n) is 6.97. The molecule has 0 bridgehead atoms. The summed E-state index contributed by atoms with van der Waals surface area (Å²) in [7, 11) is 4.12. The smallest absolute Gasteiger partial charge is 0.0433 e. The predicted octanol–water partition coefficient (Wildman–Crippen LogP) is 9.30. The first kappa shape index (κ1) is 26.8. The van der Waals surface area contributed by atoms with Crippen molar-refractivity contribution in [3.63, 3.8) is 0 Å². The van der Waals surface area contributed by atoms with E-state index in [0.29, 0.717) is 0 Å². The molecule has 198 valence electrons. The van der Waals surface area contributed by atoms with E-state index in [1.807, 2.05) is 0 Å². The van der Waals surface area contributed by atoms with E-state index in [9.17, 15) is 0 Å². The highest BCUT2D eigenvalue weighted by atomic mass is 15.1. The summed E-state index contributed by atoms with van der Waals surface area (Å²) in [5, 5.41) is 0. The van der Waals surface area contributed by atoms with Gasteiger partial charge < -0.3 is 9.80 Å². The van der Waals surface area contributed by atoms with Gasteiger partial charge in [0.2, 0.25) is 0 Å². The Bertz CT molecular complexity index is 1470. The van der Waals surface area contributed by atoms with Crippen LogP contribution in [0.4, 0.5) is 11.4 Å². The second-order valence-corrected chi connectivity index (χ2v) is 10.2. The van der Waals surface area contributed by atoms with Crippen LogP contribution in [-0.2, 0) is 13.1 Å². The summed E-state index contributed by atoms with van der Waals surface area (Å²) in [5.41, 5.74) is 9.81. The fraction of sp³-hybridized carbons (Fsp3) is 0.105. The maximum atomic E-state index is 2.43. The molecule has 0 fully saturated rings. The van der Waals surface area contributed by atoms with Crippen molar-refractivity contribution in [3.8, 4) is 0 Å². The quantitative estimate of drug-likeness (QED) is 0.169. The van der Waals surface area contributed by atoms with Crippen molar-refractivity contribution in [3.05, 3.63) is 167 Å². The van der Waals surface area contributed by atoms with Gasteiger partial charge in [-0.3, -0.25) is 0 Å². The zero-order chi connectivity index (χ0) is 27.6. The van der Waals surface area contributed by atoms with Gasteiger partial charge in [0.15, 0.2) is 0 Å². The van der Waals surface area contributed by atoms with Gasteiger partial charge in [-0.1, -0.05) is 133 Å². The van der Waals surface area contributed by atoms with Gasteiger partial charge in [0.05, 0.1) is 0 Å². The Hall–Kier alpha value is -4.82. The van der Waals surface area contributed by atoms with Crippen molar-refractivity contribution in [1.82, 2.24) is 0 Å². The summed E-state index contributed by atoms with van der Waals surface area (Å²) < 4.78 is 0. The highest BCUT2D eigenvalue weighted by Gasteiger charge is 2.08. The topological polar surface area (TPSA) is 6.48 Å². The minimum absolute atomic E-state index is 0.868. The molecular weight excluding hydrogens is 484 g/mol. The van der Waals surface area contributed by atoms with Gasteiger partial charge in [-0.15, -0.1) is 0 Å². The van der Waals surface area contributed by atoms with Crippen molar-refractivity contribution < 1.29 is 0 Å². The van der Waals surface area contributed by atoms with Crippen LogP contribution in [0.1, 0.15) is 33.4 Å². The van der Waals surface area contributed by atoms with Crippen LogP contribution in [0.3, 0.4) is 0 Å². The Kier molecular flexibility index (Phi) is 8.91. The molecule has 0 heterocycles. The summed E-state index contributed by atoms with van der Waals surface area (Å²) in [6.07, 6.45) is 8.67. The molecule has 5 rings (SSSR count). The minimum Gasteiger partial charge on any atom is -0.378 e. The monoisotopic (exact) mass is 520 g/mol. The zero-order valence-corrected chi connectivity index (χ0v) is 23.3. The molecule has 0 aromatic heterocycles. The fourth-order valence-corrected chi connectivity index (χ4v) is 4.63. The van der Waals surface area contributed by atoms with E-state index in [2.05, 4.69) is 182 Å². The number of anilines is 2. The standard InChI is InChI=1S/C38H36N2/c1-39(2)37-25-21-33(22-26-37)19-17-31-13-15-32(16-14-31)18-20-34-23-27-38(28-24-34)40(29-35-9-5-3-6-10-35)30-36-11-7-4-8-12-36/h3-28H,29-30H2,1-2H3. The third-order valence-corrected chi connectivity index (χ3v) is 6.97. The Morgan fingerprint density at radius 2 is 0.725 bits per heavy atom. The lowest BCUT2D eigenvalue weighted by Crippen LogP contribution is -2.22. The molecule has 40 heavy (non-hydrogen) atoms. The van der Waals surface area contributed by atoms with E-state index in [0.717, 1.165) is 13.1 Å². The normalized spacial score (nSPS) is 11.2. The van der Waals surface area contributed by atoms with Crippen molar-refractivity contribution in [2.24, 2.45) is 0 Å². The summed E-state index contributed by atoms with van der Waals surface area (Å²) >= 11 is 0.